The van der Waals surface area contributed by atoms with Crippen molar-refractivity contribution in [1.82, 2.24) is 19.4 Å². The summed E-state index contributed by atoms with van der Waals surface area (Å²) in [5.41, 5.74) is 0.627. The van der Waals surface area contributed by atoms with E-state index in [4.69, 9.17) is 27.9 Å². The Bertz CT molecular complexity index is 1760. The molecule has 3 saturated heterocycles. The maximum atomic E-state index is 15.3. The fourth-order valence-electron chi connectivity index (χ4n) is 6.77. The second-order valence-electron chi connectivity index (χ2n) is 11.7. The van der Waals surface area contributed by atoms with Crippen LogP contribution in [-0.2, 0) is 9.53 Å². The molecule has 0 bridgehead atoms. The first-order chi connectivity index (χ1) is 20.6. The third-order valence-corrected chi connectivity index (χ3v) is 10.9. The van der Waals surface area contributed by atoms with Gasteiger partial charge in [-0.25, -0.2) is 13.6 Å². The van der Waals surface area contributed by atoms with Crippen molar-refractivity contribution in [2.24, 2.45) is 0 Å². The van der Waals surface area contributed by atoms with Crippen LogP contribution in [0.15, 0.2) is 40.5 Å². The Balaban J connectivity index is 1.41. The minimum Gasteiger partial charge on any atom is -0.373 e. The molecule has 0 spiro atoms. The van der Waals surface area contributed by atoms with Gasteiger partial charge in [-0.3, -0.25) is 14.3 Å². The molecule has 3 aromatic rings. The van der Waals surface area contributed by atoms with E-state index >= 15 is 4.39 Å². The number of aromatic nitrogens is 2. The molecule has 226 valence electrons. The Hall–Kier alpha value is -2.70. The lowest BCUT2D eigenvalue weighted by Gasteiger charge is -2.55. The summed E-state index contributed by atoms with van der Waals surface area (Å²) in [6, 6.07) is 3.55. The SMILES string of the molecule is C=CC(=O)N1CC(C)N(c2nc(=O)n3c4c(c(-c5cc(Cl)c(F)cc5F)c(Cl)cc24)SCC3CN2CC3OCC32)C[C@H]1C. The predicted molar refractivity (Wildman–Crippen MR) is 164 cm³/mol. The first kappa shape index (κ1) is 29.0. The van der Waals surface area contributed by atoms with Gasteiger partial charge in [0, 0.05) is 71.5 Å². The van der Waals surface area contributed by atoms with Gasteiger partial charge in [0.25, 0.3) is 0 Å². The monoisotopic (exact) mass is 647 g/mol. The zero-order valence-corrected chi connectivity index (χ0v) is 25.9. The summed E-state index contributed by atoms with van der Waals surface area (Å²) in [6.45, 7) is 10.6. The molecule has 4 aliphatic heterocycles. The van der Waals surface area contributed by atoms with Crippen LogP contribution in [0, 0.1) is 11.6 Å². The average molecular weight is 649 g/mol. The Morgan fingerprint density at radius 2 is 1.93 bits per heavy atom. The number of morpholine rings is 1. The number of nitrogens with zero attached hydrogens (tertiary/aromatic N) is 5. The van der Waals surface area contributed by atoms with E-state index in [1.54, 1.807) is 15.5 Å². The number of benzene rings is 2. The zero-order valence-electron chi connectivity index (χ0n) is 23.5. The van der Waals surface area contributed by atoms with Crippen molar-refractivity contribution in [1.29, 1.82) is 0 Å². The number of carbonyl (C=O) groups is 1. The lowest BCUT2D eigenvalue weighted by Crippen LogP contribution is -2.71. The highest BCUT2D eigenvalue weighted by molar-refractivity contribution is 7.99. The lowest BCUT2D eigenvalue weighted by atomic mass is 9.94. The second-order valence-corrected chi connectivity index (χ2v) is 13.5. The molecule has 0 saturated carbocycles. The van der Waals surface area contributed by atoms with E-state index in [9.17, 15) is 14.0 Å². The van der Waals surface area contributed by atoms with Gasteiger partial charge < -0.3 is 14.5 Å². The summed E-state index contributed by atoms with van der Waals surface area (Å²) >= 11 is 14.5. The molecule has 1 amide bonds. The normalized spacial score (nSPS) is 26.6. The van der Waals surface area contributed by atoms with Gasteiger partial charge in [0.05, 0.1) is 40.4 Å². The van der Waals surface area contributed by atoms with Crippen molar-refractivity contribution < 1.29 is 18.3 Å². The quantitative estimate of drug-likeness (QED) is 0.285. The topological polar surface area (TPSA) is 70.9 Å². The van der Waals surface area contributed by atoms with E-state index in [0.717, 1.165) is 12.6 Å². The molecule has 2 aromatic carbocycles. The van der Waals surface area contributed by atoms with E-state index in [1.165, 1.54) is 23.9 Å². The van der Waals surface area contributed by atoms with Crippen LogP contribution in [0.4, 0.5) is 14.6 Å². The first-order valence-corrected chi connectivity index (χ1v) is 15.9. The molecule has 0 aliphatic carbocycles. The van der Waals surface area contributed by atoms with Gasteiger partial charge in [-0.05, 0) is 32.1 Å². The minimum absolute atomic E-state index is 0.0624. The number of likely N-dealkylation sites (tertiary alicyclic amines) is 1. The molecule has 13 heteroatoms. The van der Waals surface area contributed by atoms with E-state index in [-0.39, 0.29) is 45.7 Å². The van der Waals surface area contributed by atoms with Crippen molar-refractivity contribution in [3.05, 3.63) is 63.0 Å². The number of carbonyl (C=O) groups excluding carboxylic acids is 1. The number of amides is 1. The smallest absolute Gasteiger partial charge is 0.350 e. The molecule has 0 radical (unpaired) electrons. The number of rotatable bonds is 5. The number of hydrogen-bond acceptors (Lipinski definition) is 7. The Kier molecular flexibility index (Phi) is 7.25. The molecule has 4 aliphatic rings. The van der Waals surface area contributed by atoms with Crippen LogP contribution in [0.5, 0.6) is 0 Å². The third kappa shape index (κ3) is 4.58. The van der Waals surface area contributed by atoms with E-state index in [0.29, 0.717) is 65.2 Å². The number of ether oxygens (including phenoxy) is 1. The summed E-state index contributed by atoms with van der Waals surface area (Å²) in [7, 11) is 0. The number of halogens is 4. The number of fused-ring (bicyclic) bond motifs is 1. The van der Waals surface area contributed by atoms with Gasteiger partial charge in [0.2, 0.25) is 5.91 Å². The van der Waals surface area contributed by atoms with Gasteiger partial charge >= 0.3 is 5.69 Å². The highest BCUT2D eigenvalue weighted by atomic mass is 35.5. The van der Waals surface area contributed by atoms with Crippen LogP contribution in [-0.4, -0.2) is 88.0 Å². The van der Waals surface area contributed by atoms with Crippen LogP contribution in [0.1, 0.15) is 19.9 Å². The molecular formula is C30H29Cl2F2N5O3S. The van der Waals surface area contributed by atoms with Crippen molar-refractivity contribution >= 4 is 57.6 Å². The summed E-state index contributed by atoms with van der Waals surface area (Å²) in [5, 5.41) is 0.669. The number of anilines is 1. The molecule has 4 unspecified atom stereocenters. The minimum atomic E-state index is -0.866. The van der Waals surface area contributed by atoms with Crippen molar-refractivity contribution in [2.45, 2.75) is 49.0 Å². The third-order valence-electron chi connectivity index (χ3n) is 9.12. The number of piperazine rings is 1. The molecule has 5 heterocycles. The predicted octanol–water partition coefficient (Wildman–Crippen LogP) is 4.99. The standard InChI is InChI=1S/C30H29Cl2F2N5O3S/c1-4-25(40)37-8-15(3)38(9-14(37)2)29-18-6-20(32)26(17-5-19(31)22(34)7-21(17)33)28-27(18)39(30(41)35-29)16(13-43-28)10-36-11-24-23(36)12-42-24/h4-7,14-16,23-24H,1,8-13H2,2-3H3/t14-,15?,16?,23?,24?/m1/s1. The molecule has 43 heavy (non-hydrogen) atoms. The maximum Gasteiger partial charge on any atom is 0.350 e. The molecular weight excluding hydrogens is 619 g/mol. The van der Waals surface area contributed by atoms with Crippen LogP contribution in [0.3, 0.4) is 0 Å². The second kappa shape index (κ2) is 10.7. The summed E-state index contributed by atoms with van der Waals surface area (Å²) in [4.78, 5) is 37.9. The molecule has 3 fully saturated rings. The van der Waals surface area contributed by atoms with Crippen molar-refractivity contribution in [3.8, 4) is 11.1 Å². The number of thioether (sulfide) groups is 1. The van der Waals surface area contributed by atoms with Gasteiger partial charge in [-0.15, -0.1) is 11.8 Å². The molecule has 0 N–H and O–H groups in total. The molecule has 8 nitrogen and oxygen atoms in total. The molecule has 7 rings (SSSR count). The molecule has 5 atom stereocenters. The van der Waals surface area contributed by atoms with Gasteiger partial charge in [-0.1, -0.05) is 29.8 Å². The Morgan fingerprint density at radius 1 is 1.14 bits per heavy atom. The van der Waals surface area contributed by atoms with E-state index in [1.807, 2.05) is 18.7 Å². The fourth-order valence-corrected chi connectivity index (χ4v) is 8.61. The maximum absolute atomic E-state index is 15.3. The Morgan fingerprint density at radius 3 is 2.60 bits per heavy atom. The lowest BCUT2D eigenvalue weighted by molar-refractivity contribution is -0.216. The van der Waals surface area contributed by atoms with Gasteiger partial charge in [0.15, 0.2) is 0 Å². The van der Waals surface area contributed by atoms with Crippen molar-refractivity contribution in [2.75, 3.05) is 43.4 Å². The van der Waals surface area contributed by atoms with Crippen molar-refractivity contribution in [3.63, 3.8) is 0 Å². The van der Waals surface area contributed by atoms with Crippen LogP contribution < -0.4 is 10.6 Å². The van der Waals surface area contributed by atoms with Crippen LogP contribution in [0.2, 0.25) is 10.0 Å². The Labute approximate surface area is 261 Å². The highest BCUT2D eigenvalue weighted by Crippen LogP contribution is 2.49. The highest BCUT2D eigenvalue weighted by Gasteiger charge is 2.48. The first-order valence-electron chi connectivity index (χ1n) is 14.2. The largest absolute Gasteiger partial charge is 0.373 e. The van der Waals surface area contributed by atoms with E-state index < -0.39 is 17.3 Å². The average Bonchev–Trinajstić information content (AvgIpc) is 2.96. The summed E-state index contributed by atoms with van der Waals surface area (Å²) < 4.78 is 36.7. The zero-order chi connectivity index (χ0) is 30.3. The molecule has 1 aromatic heterocycles. The summed E-state index contributed by atoms with van der Waals surface area (Å²) in [6.07, 6.45) is 1.56. The van der Waals surface area contributed by atoms with Crippen LogP contribution >= 0.6 is 35.0 Å². The van der Waals surface area contributed by atoms with Gasteiger partial charge in [-0.2, -0.15) is 4.98 Å². The van der Waals surface area contributed by atoms with Crippen LogP contribution in [0.25, 0.3) is 22.0 Å². The van der Waals surface area contributed by atoms with Gasteiger partial charge in [0.1, 0.15) is 17.5 Å². The number of hydrogen-bond donors (Lipinski definition) is 0. The summed E-state index contributed by atoms with van der Waals surface area (Å²) in [5.74, 6) is -0.814. The fraction of sp³-hybridized carbons (Fsp3) is 0.433. The van der Waals surface area contributed by atoms with E-state index in [2.05, 4.69) is 16.5 Å².